The lowest BCUT2D eigenvalue weighted by atomic mass is 10.1. The zero-order valence-electron chi connectivity index (χ0n) is 19.4. The Hall–Kier alpha value is -3.05. The molecule has 1 fully saturated rings. The van der Waals surface area contributed by atoms with Gasteiger partial charge in [0.2, 0.25) is 5.91 Å². The number of unbranched alkanes of at least 4 members (excludes halogenated alkanes) is 1. The Morgan fingerprint density at radius 3 is 2.58 bits per heavy atom. The third-order valence-corrected chi connectivity index (χ3v) is 7.16. The normalized spacial score (nSPS) is 15.7. The molecule has 3 aromatic carbocycles. The number of rotatable bonds is 7. The predicted octanol–water partition coefficient (Wildman–Crippen LogP) is 6.68. The summed E-state index contributed by atoms with van der Waals surface area (Å²) < 4.78 is 0. The van der Waals surface area contributed by atoms with Gasteiger partial charge in [0.15, 0.2) is 0 Å². The fourth-order valence-corrected chi connectivity index (χ4v) is 5.34. The molecule has 4 rings (SSSR count). The van der Waals surface area contributed by atoms with Crippen molar-refractivity contribution in [2.75, 3.05) is 16.0 Å². The van der Waals surface area contributed by atoms with Crippen molar-refractivity contribution in [1.29, 1.82) is 0 Å². The summed E-state index contributed by atoms with van der Waals surface area (Å²) in [6, 6.07) is 21.8. The van der Waals surface area contributed by atoms with Crippen molar-refractivity contribution in [3.05, 3.63) is 94.5 Å². The van der Waals surface area contributed by atoms with Crippen LogP contribution in [0.4, 0.5) is 11.4 Å². The number of hydrogen-bond acceptors (Lipinski definition) is 3. The molecule has 1 heterocycles. The standard InChI is InChI=1S/C28H30N2O2S/c1-4-5-7-21-11-13-22(14-12-21)27(32)29-24-9-6-8-23(17-24)28-30(26(31)18-33-28)25-15-10-19(2)16-20(25)3/h6,8-17,28H,4-5,7,18H2,1-3H3,(H,29,32)/t28-/m1/s1. The van der Waals surface area contributed by atoms with E-state index in [0.717, 1.165) is 41.8 Å². The highest BCUT2D eigenvalue weighted by Gasteiger charge is 2.34. The van der Waals surface area contributed by atoms with Crippen LogP contribution in [0.5, 0.6) is 0 Å². The van der Waals surface area contributed by atoms with Crippen LogP contribution in [0.2, 0.25) is 0 Å². The molecule has 0 unspecified atom stereocenters. The minimum Gasteiger partial charge on any atom is -0.322 e. The van der Waals surface area contributed by atoms with Crippen LogP contribution in [0.1, 0.15) is 57.8 Å². The molecule has 0 spiro atoms. The van der Waals surface area contributed by atoms with Crippen LogP contribution in [-0.4, -0.2) is 17.6 Å². The van der Waals surface area contributed by atoms with E-state index >= 15 is 0 Å². The van der Waals surface area contributed by atoms with Crippen molar-refractivity contribution in [3.8, 4) is 0 Å². The number of carbonyl (C=O) groups is 2. The molecule has 0 aliphatic carbocycles. The highest BCUT2D eigenvalue weighted by Crippen LogP contribution is 2.43. The van der Waals surface area contributed by atoms with E-state index < -0.39 is 0 Å². The third-order valence-electron chi connectivity index (χ3n) is 5.94. The first-order valence-electron chi connectivity index (χ1n) is 11.5. The van der Waals surface area contributed by atoms with E-state index in [0.29, 0.717) is 11.3 Å². The van der Waals surface area contributed by atoms with Crippen molar-refractivity contribution in [1.82, 2.24) is 0 Å². The predicted molar refractivity (Wildman–Crippen MR) is 138 cm³/mol. The summed E-state index contributed by atoms with van der Waals surface area (Å²) in [6.45, 7) is 6.27. The Morgan fingerprint density at radius 1 is 1.06 bits per heavy atom. The number of nitrogens with one attached hydrogen (secondary N) is 1. The van der Waals surface area contributed by atoms with E-state index in [-0.39, 0.29) is 17.2 Å². The van der Waals surface area contributed by atoms with E-state index in [4.69, 9.17) is 0 Å². The van der Waals surface area contributed by atoms with Gasteiger partial charge in [-0.2, -0.15) is 0 Å². The SMILES string of the molecule is CCCCc1ccc(C(=O)Nc2cccc([C@H]3SCC(=O)N3c3ccc(C)cc3C)c2)cc1. The highest BCUT2D eigenvalue weighted by atomic mass is 32.2. The number of benzene rings is 3. The van der Waals surface area contributed by atoms with Crippen LogP contribution in [-0.2, 0) is 11.2 Å². The van der Waals surface area contributed by atoms with E-state index in [1.54, 1.807) is 11.8 Å². The summed E-state index contributed by atoms with van der Waals surface area (Å²) in [5, 5.41) is 2.90. The molecule has 5 heteroatoms. The number of thioether (sulfide) groups is 1. The molecule has 2 amide bonds. The molecule has 0 saturated carbocycles. The van der Waals surface area contributed by atoms with Gasteiger partial charge in [0, 0.05) is 16.9 Å². The molecule has 1 N–H and O–H groups in total. The van der Waals surface area contributed by atoms with Gasteiger partial charge >= 0.3 is 0 Å². The van der Waals surface area contributed by atoms with Gasteiger partial charge in [-0.3, -0.25) is 14.5 Å². The number of hydrogen-bond donors (Lipinski definition) is 1. The lowest BCUT2D eigenvalue weighted by Gasteiger charge is -2.26. The van der Waals surface area contributed by atoms with Crippen molar-refractivity contribution >= 4 is 35.0 Å². The monoisotopic (exact) mass is 458 g/mol. The maximum atomic E-state index is 12.8. The Morgan fingerprint density at radius 2 is 1.85 bits per heavy atom. The maximum Gasteiger partial charge on any atom is 0.255 e. The van der Waals surface area contributed by atoms with Gasteiger partial charge in [0.05, 0.1) is 5.75 Å². The molecule has 1 atom stereocenters. The lowest BCUT2D eigenvalue weighted by Crippen LogP contribution is -2.28. The van der Waals surface area contributed by atoms with Crippen LogP contribution >= 0.6 is 11.8 Å². The fourth-order valence-electron chi connectivity index (χ4n) is 4.18. The summed E-state index contributed by atoms with van der Waals surface area (Å²) in [5.74, 6) is 0.420. The second-order valence-electron chi connectivity index (χ2n) is 8.60. The molecule has 1 saturated heterocycles. The second-order valence-corrected chi connectivity index (χ2v) is 9.67. The molecule has 33 heavy (non-hydrogen) atoms. The average molecular weight is 459 g/mol. The number of aryl methyl sites for hydroxylation is 3. The molecular weight excluding hydrogens is 428 g/mol. The summed E-state index contributed by atoms with van der Waals surface area (Å²) in [6.07, 6.45) is 3.35. The van der Waals surface area contributed by atoms with Gasteiger partial charge in [0.1, 0.15) is 5.37 Å². The van der Waals surface area contributed by atoms with E-state index in [1.165, 1.54) is 11.1 Å². The van der Waals surface area contributed by atoms with Crippen molar-refractivity contribution in [3.63, 3.8) is 0 Å². The lowest BCUT2D eigenvalue weighted by molar-refractivity contribution is -0.115. The first-order chi connectivity index (χ1) is 16.0. The molecule has 3 aromatic rings. The largest absolute Gasteiger partial charge is 0.322 e. The molecular formula is C28H30N2O2S. The number of amides is 2. The molecule has 1 aliphatic heterocycles. The average Bonchev–Trinajstić information content (AvgIpc) is 3.19. The molecule has 0 bridgehead atoms. The van der Waals surface area contributed by atoms with Gasteiger partial charge in [-0.1, -0.05) is 55.3 Å². The van der Waals surface area contributed by atoms with Gasteiger partial charge < -0.3 is 5.32 Å². The topological polar surface area (TPSA) is 49.4 Å². The Kier molecular flexibility index (Phi) is 7.19. The minimum absolute atomic E-state index is 0.106. The first kappa shape index (κ1) is 23.1. The van der Waals surface area contributed by atoms with Gasteiger partial charge in [-0.05, 0) is 73.7 Å². The van der Waals surface area contributed by atoms with Crippen LogP contribution < -0.4 is 10.2 Å². The Balaban J connectivity index is 1.52. The molecule has 170 valence electrons. The number of anilines is 2. The summed E-state index contributed by atoms with van der Waals surface area (Å²) in [7, 11) is 0. The van der Waals surface area contributed by atoms with Crippen molar-refractivity contribution < 1.29 is 9.59 Å². The summed E-state index contributed by atoms with van der Waals surface area (Å²) in [4.78, 5) is 27.5. The Labute approximate surface area is 200 Å². The van der Waals surface area contributed by atoms with Gasteiger partial charge in [-0.25, -0.2) is 0 Å². The van der Waals surface area contributed by atoms with Crippen LogP contribution in [0.15, 0.2) is 66.7 Å². The van der Waals surface area contributed by atoms with E-state index in [2.05, 4.69) is 25.2 Å². The van der Waals surface area contributed by atoms with Crippen LogP contribution in [0.25, 0.3) is 0 Å². The van der Waals surface area contributed by atoms with Crippen molar-refractivity contribution in [2.24, 2.45) is 0 Å². The fraction of sp³-hybridized carbons (Fsp3) is 0.286. The molecule has 4 nitrogen and oxygen atoms in total. The molecule has 1 aliphatic rings. The summed E-state index contributed by atoms with van der Waals surface area (Å²) >= 11 is 1.62. The van der Waals surface area contributed by atoms with Crippen LogP contribution in [0.3, 0.4) is 0 Å². The smallest absolute Gasteiger partial charge is 0.255 e. The number of carbonyl (C=O) groups excluding carboxylic acids is 2. The quantitative estimate of drug-likeness (QED) is 0.430. The van der Waals surface area contributed by atoms with E-state index in [1.807, 2.05) is 72.5 Å². The van der Waals surface area contributed by atoms with Gasteiger partial charge in [-0.15, -0.1) is 11.8 Å². The molecule has 0 aromatic heterocycles. The first-order valence-corrected chi connectivity index (χ1v) is 12.5. The highest BCUT2D eigenvalue weighted by molar-refractivity contribution is 8.00. The zero-order chi connectivity index (χ0) is 23.4. The van der Waals surface area contributed by atoms with E-state index in [9.17, 15) is 9.59 Å². The van der Waals surface area contributed by atoms with Crippen LogP contribution in [0, 0.1) is 13.8 Å². The number of nitrogens with zero attached hydrogens (tertiary/aromatic N) is 1. The molecule has 0 radical (unpaired) electrons. The minimum atomic E-state index is -0.129. The summed E-state index contributed by atoms with van der Waals surface area (Å²) in [5.41, 5.74) is 6.83. The maximum absolute atomic E-state index is 12.8. The Bertz CT molecular complexity index is 1160. The third kappa shape index (κ3) is 5.31. The van der Waals surface area contributed by atoms with Gasteiger partial charge in [0.25, 0.3) is 5.91 Å². The second kappa shape index (κ2) is 10.3. The zero-order valence-corrected chi connectivity index (χ0v) is 20.2. The van der Waals surface area contributed by atoms with Crippen molar-refractivity contribution in [2.45, 2.75) is 45.4 Å².